The van der Waals surface area contributed by atoms with E-state index in [0.29, 0.717) is 16.9 Å². The minimum absolute atomic E-state index is 0.0414. The number of nitrogens with zero attached hydrogens (tertiary/aromatic N) is 2. The molecule has 0 amide bonds. The largest absolute Gasteiger partial charge is 0.489 e. The minimum atomic E-state index is -0.129. The third-order valence-corrected chi connectivity index (χ3v) is 2.75. The Labute approximate surface area is 120 Å². The van der Waals surface area contributed by atoms with E-state index in [1.807, 2.05) is 13.8 Å². The number of carbonyl (C=O) groups excluding carboxylic acids is 1. The van der Waals surface area contributed by atoms with Crippen molar-refractivity contribution in [2.45, 2.75) is 20.0 Å². The molecule has 98 valence electrons. The lowest BCUT2D eigenvalue weighted by atomic mass is 10.1. The van der Waals surface area contributed by atoms with Crippen LogP contribution in [0.5, 0.6) is 5.75 Å². The van der Waals surface area contributed by atoms with Gasteiger partial charge in [-0.15, -0.1) is 0 Å². The maximum absolute atomic E-state index is 12.3. The quantitative estimate of drug-likeness (QED) is 0.811. The van der Waals surface area contributed by atoms with E-state index in [9.17, 15) is 4.79 Å². The molecule has 0 radical (unpaired) electrons. The molecular weight excluding hydrogens is 308 g/mol. The lowest BCUT2D eigenvalue weighted by Crippen LogP contribution is -2.08. The average Bonchev–Trinajstić information content (AvgIpc) is 2.37. The number of ketones is 1. The predicted octanol–water partition coefficient (Wildman–Crippen LogP) is 3.26. The molecule has 2 aromatic heterocycles. The second-order valence-electron chi connectivity index (χ2n) is 4.30. The molecule has 0 spiro atoms. The number of hydrogen-bond donors (Lipinski definition) is 0. The smallest absolute Gasteiger partial charge is 0.196 e. The van der Waals surface area contributed by atoms with Crippen molar-refractivity contribution >= 4 is 21.7 Å². The van der Waals surface area contributed by atoms with Gasteiger partial charge in [-0.05, 0) is 41.9 Å². The summed E-state index contributed by atoms with van der Waals surface area (Å²) in [6.07, 6.45) is 6.32. The van der Waals surface area contributed by atoms with Gasteiger partial charge in [-0.1, -0.05) is 0 Å². The molecule has 0 aliphatic rings. The van der Waals surface area contributed by atoms with Gasteiger partial charge in [-0.3, -0.25) is 14.8 Å². The highest BCUT2D eigenvalue weighted by atomic mass is 79.9. The fourth-order valence-electron chi connectivity index (χ4n) is 1.58. The van der Waals surface area contributed by atoms with Crippen molar-refractivity contribution in [1.29, 1.82) is 0 Å². The third kappa shape index (κ3) is 3.61. The summed E-state index contributed by atoms with van der Waals surface area (Å²) in [5.74, 6) is 0.458. The first-order valence-corrected chi connectivity index (χ1v) is 6.62. The highest BCUT2D eigenvalue weighted by Crippen LogP contribution is 2.17. The summed E-state index contributed by atoms with van der Waals surface area (Å²) in [5.41, 5.74) is 0.996. The molecule has 0 N–H and O–H groups in total. The zero-order valence-electron chi connectivity index (χ0n) is 10.6. The highest BCUT2D eigenvalue weighted by molar-refractivity contribution is 9.10. The zero-order chi connectivity index (χ0) is 13.8. The molecule has 0 aliphatic heterocycles. The zero-order valence-corrected chi connectivity index (χ0v) is 12.2. The van der Waals surface area contributed by atoms with Crippen LogP contribution in [-0.4, -0.2) is 21.9 Å². The number of hydrogen-bond acceptors (Lipinski definition) is 4. The van der Waals surface area contributed by atoms with E-state index in [2.05, 4.69) is 25.9 Å². The van der Waals surface area contributed by atoms with Crippen molar-refractivity contribution in [1.82, 2.24) is 9.97 Å². The molecule has 4 nitrogen and oxygen atoms in total. The number of ether oxygens (including phenoxy) is 1. The Morgan fingerprint density at radius 2 is 1.74 bits per heavy atom. The molecule has 0 aromatic carbocycles. The summed E-state index contributed by atoms with van der Waals surface area (Å²) in [7, 11) is 0. The molecule has 0 saturated carbocycles. The standard InChI is InChI=1S/C14H13BrN2O2/c1-9(2)19-13-4-11(6-17-8-13)14(18)10-3-12(15)7-16-5-10/h3-9H,1-2H3. The lowest BCUT2D eigenvalue weighted by molar-refractivity contribution is 0.103. The number of halogens is 1. The van der Waals surface area contributed by atoms with E-state index in [0.717, 1.165) is 4.47 Å². The van der Waals surface area contributed by atoms with Gasteiger partial charge in [0.25, 0.3) is 0 Å². The topological polar surface area (TPSA) is 52.1 Å². The molecular formula is C14H13BrN2O2. The number of carbonyl (C=O) groups is 1. The minimum Gasteiger partial charge on any atom is -0.489 e. The van der Waals surface area contributed by atoms with E-state index < -0.39 is 0 Å². The van der Waals surface area contributed by atoms with Gasteiger partial charge in [0.2, 0.25) is 0 Å². The Hall–Kier alpha value is -1.75. The van der Waals surface area contributed by atoms with Gasteiger partial charge in [-0.25, -0.2) is 0 Å². The first-order valence-electron chi connectivity index (χ1n) is 5.83. The van der Waals surface area contributed by atoms with Gasteiger partial charge in [0.15, 0.2) is 5.78 Å². The lowest BCUT2D eigenvalue weighted by Gasteiger charge is -2.09. The molecule has 0 unspecified atom stereocenters. The van der Waals surface area contributed by atoms with Crippen LogP contribution in [0.25, 0.3) is 0 Å². The van der Waals surface area contributed by atoms with E-state index in [4.69, 9.17) is 4.74 Å². The molecule has 0 bridgehead atoms. The normalized spacial score (nSPS) is 10.5. The van der Waals surface area contributed by atoms with Crippen molar-refractivity contribution in [3.63, 3.8) is 0 Å². The number of pyridine rings is 2. The van der Waals surface area contributed by atoms with E-state index >= 15 is 0 Å². The summed E-state index contributed by atoms with van der Waals surface area (Å²) >= 11 is 3.30. The highest BCUT2D eigenvalue weighted by Gasteiger charge is 2.11. The van der Waals surface area contributed by atoms with Crippen LogP contribution in [-0.2, 0) is 0 Å². The first kappa shape index (κ1) is 13.7. The summed E-state index contributed by atoms with van der Waals surface area (Å²) in [6.45, 7) is 3.85. The van der Waals surface area contributed by atoms with Crippen molar-refractivity contribution < 1.29 is 9.53 Å². The predicted molar refractivity (Wildman–Crippen MR) is 75.4 cm³/mol. The molecule has 19 heavy (non-hydrogen) atoms. The summed E-state index contributed by atoms with van der Waals surface area (Å²) in [6, 6.07) is 3.42. The van der Waals surface area contributed by atoms with E-state index in [1.54, 1.807) is 24.5 Å². The summed E-state index contributed by atoms with van der Waals surface area (Å²) in [4.78, 5) is 20.3. The van der Waals surface area contributed by atoms with E-state index in [-0.39, 0.29) is 11.9 Å². The van der Waals surface area contributed by atoms with Crippen LogP contribution in [0.2, 0.25) is 0 Å². The van der Waals surface area contributed by atoms with Gasteiger partial charge in [-0.2, -0.15) is 0 Å². The van der Waals surface area contributed by atoms with Crippen molar-refractivity contribution in [3.8, 4) is 5.75 Å². The summed E-state index contributed by atoms with van der Waals surface area (Å²) < 4.78 is 6.29. The van der Waals surface area contributed by atoms with Gasteiger partial charge >= 0.3 is 0 Å². The van der Waals surface area contributed by atoms with Crippen molar-refractivity contribution in [3.05, 3.63) is 52.5 Å². The molecule has 0 aliphatic carbocycles. The SMILES string of the molecule is CC(C)Oc1cncc(C(=O)c2cncc(Br)c2)c1. The maximum Gasteiger partial charge on any atom is 0.196 e. The van der Waals surface area contributed by atoms with Gasteiger partial charge in [0.05, 0.1) is 12.3 Å². The van der Waals surface area contributed by atoms with Crippen molar-refractivity contribution in [2.24, 2.45) is 0 Å². The molecule has 0 fully saturated rings. The van der Waals surface area contributed by atoms with E-state index in [1.165, 1.54) is 12.4 Å². The average molecular weight is 321 g/mol. The van der Waals surface area contributed by atoms with Crippen LogP contribution in [0.4, 0.5) is 0 Å². The molecule has 2 aromatic rings. The van der Waals surface area contributed by atoms with Crippen LogP contribution in [0.3, 0.4) is 0 Å². The van der Waals surface area contributed by atoms with Crippen molar-refractivity contribution in [2.75, 3.05) is 0 Å². The van der Waals surface area contributed by atoms with Crippen LogP contribution in [0, 0.1) is 0 Å². The second-order valence-corrected chi connectivity index (χ2v) is 5.21. The van der Waals surface area contributed by atoms with Crippen LogP contribution < -0.4 is 4.74 Å². The maximum atomic E-state index is 12.3. The third-order valence-electron chi connectivity index (χ3n) is 2.31. The monoisotopic (exact) mass is 320 g/mol. The molecule has 5 heteroatoms. The molecule has 2 heterocycles. The Balaban J connectivity index is 2.29. The fraction of sp³-hybridized carbons (Fsp3) is 0.214. The van der Waals surface area contributed by atoms with Gasteiger partial charge in [0, 0.05) is 34.2 Å². The molecule has 2 rings (SSSR count). The van der Waals surface area contributed by atoms with Crippen LogP contribution >= 0.6 is 15.9 Å². The number of aromatic nitrogens is 2. The van der Waals surface area contributed by atoms with Gasteiger partial charge in [0.1, 0.15) is 5.75 Å². The Morgan fingerprint density at radius 3 is 2.37 bits per heavy atom. The fourth-order valence-corrected chi connectivity index (χ4v) is 1.95. The molecule has 0 saturated heterocycles. The first-order chi connectivity index (χ1) is 9.06. The Morgan fingerprint density at radius 1 is 1.11 bits per heavy atom. The van der Waals surface area contributed by atoms with Gasteiger partial charge < -0.3 is 4.74 Å². The number of rotatable bonds is 4. The Bertz CT molecular complexity index is 600. The second kappa shape index (κ2) is 5.93. The van der Waals surface area contributed by atoms with Crippen LogP contribution in [0.1, 0.15) is 29.8 Å². The Kier molecular flexibility index (Phi) is 4.27. The summed E-state index contributed by atoms with van der Waals surface area (Å²) in [5, 5.41) is 0. The van der Waals surface area contributed by atoms with Crippen LogP contribution in [0.15, 0.2) is 41.4 Å². The molecule has 0 atom stereocenters.